The molecule has 2 heteroatoms. The Kier molecular flexibility index (Phi) is 2.73. The van der Waals surface area contributed by atoms with Gasteiger partial charge >= 0.3 is 0 Å². The minimum absolute atomic E-state index is 0.424. The van der Waals surface area contributed by atoms with Gasteiger partial charge in [-0.15, -0.1) is 0 Å². The molecular formula is C18H18N2. The van der Waals surface area contributed by atoms with E-state index >= 15 is 0 Å². The zero-order valence-corrected chi connectivity index (χ0v) is 11.4. The molecule has 2 N–H and O–H groups in total. The van der Waals surface area contributed by atoms with E-state index in [1.54, 1.807) is 0 Å². The maximum absolute atomic E-state index is 3.67. The molecule has 20 heavy (non-hydrogen) atoms. The standard InChI is InChI=1S/C18H18N2/c1-3-9-15-13(6-1)8-5-11-17(15)20-18-12-14-7-2-4-10-16(14)19-18/h1-4,6-7,9-10,12,17,19-20H,5,8,11H2/t17-/m1/s1. The summed E-state index contributed by atoms with van der Waals surface area (Å²) in [7, 11) is 0. The molecule has 0 saturated heterocycles. The van der Waals surface area contributed by atoms with Crippen LogP contribution in [-0.2, 0) is 6.42 Å². The molecule has 1 aliphatic rings. The first-order valence-electron chi connectivity index (χ1n) is 7.32. The van der Waals surface area contributed by atoms with Crippen LogP contribution in [0.5, 0.6) is 0 Å². The minimum atomic E-state index is 0.424. The quantitative estimate of drug-likeness (QED) is 0.691. The third kappa shape index (κ3) is 1.97. The first-order valence-corrected chi connectivity index (χ1v) is 7.32. The highest BCUT2D eigenvalue weighted by atomic mass is 15.0. The Labute approximate surface area is 118 Å². The summed E-state index contributed by atoms with van der Waals surface area (Å²) >= 11 is 0. The van der Waals surface area contributed by atoms with Crippen molar-refractivity contribution in [3.63, 3.8) is 0 Å². The molecule has 0 unspecified atom stereocenters. The number of nitrogens with one attached hydrogen (secondary N) is 2. The zero-order valence-electron chi connectivity index (χ0n) is 11.4. The topological polar surface area (TPSA) is 27.8 Å². The van der Waals surface area contributed by atoms with Gasteiger partial charge in [-0.05, 0) is 42.5 Å². The van der Waals surface area contributed by atoms with Crippen molar-refractivity contribution in [2.24, 2.45) is 0 Å². The number of aryl methyl sites for hydroxylation is 1. The van der Waals surface area contributed by atoms with Crippen molar-refractivity contribution in [2.75, 3.05) is 5.32 Å². The Morgan fingerprint density at radius 2 is 1.85 bits per heavy atom. The van der Waals surface area contributed by atoms with Crippen LogP contribution < -0.4 is 5.32 Å². The molecule has 4 rings (SSSR count). The molecule has 0 saturated carbocycles. The molecule has 0 fully saturated rings. The number of hydrogen-bond acceptors (Lipinski definition) is 1. The maximum atomic E-state index is 3.67. The summed E-state index contributed by atoms with van der Waals surface area (Å²) in [6.07, 6.45) is 3.67. The van der Waals surface area contributed by atoms with E-state index in [0.717, 1.165) is 5.82 Å². The molecule has 0 radical (unpaired) electrons. The molecule has 1 heterocycles. The van der Waals surface area contributed by atoms with Crippen molar-refractivity contribution in [1.29, 1.82) is 0 Å². The Morgan fingerprint density at radius 1 is 1.00 bits per heavy atom. The van der Waals surface area contributed by atoms with Gasteiger partial charge in [-0.1, -0.05) is 42.5 Å². The smallest absolute Gasteiger partial charge is 0.104 e. The van der Waals surface area contributed by atoms with Gasteiger partial charge in [0, 0.05) is 10.9 Å². The Bertz CT molecular complexity index is 709. The van der Waals surface area contributed by atoms with Crippen LogP contribution in [0.25, 0.3) is 10.9 Å². The summed E-state index contributed by atoms with van der Waals surface area (Å²) in [4.78, 5) is 3.46. The van der Waals surface area contributed by atoms with E-state index in [9.17, 15) is 0 Å². The molecule has 3 aromatic rings. The molecule has 1 aromatic heterocycles. The molecule has 100 valence electrons. The van der Waals surface area contributed by atoms with E-state index in [0.29, 0.717) is 6.04 Å². The predicted octanol–water partition coefficient (Wildman–Crippen LogP) is 4.66. The van der Waals surface area contributed by atoms with Gasteiger partial charge in [0.05, 0.1) is 6.04 Å². The second-order valence-electron chi connectivity index (χ2n) is 5.56. The molecule has 0 bridgehead atoms. The highest BCUT2D eigenvalue weighted by molar-refractivity contribution is 5.83. The molecule has 0 aliphatic heterocycles. The van der Waals surface area contributed by atoms with E-state index in [-0.39, 0.29) is 0 Å². The van der Waals surface area contributed by atoms with Crippen LogP contribution in [0.3, 0.4) is 0 Å². The second kappa shape index (κ2) is 4.71. The SMILES string of the molecule is c1ccc2c(c1)CCC[C@H]2Nc1cc2ccccc2[nH]1. The van der Waals surface area contributed by atoms with Crippen LogP contribution in [0.15, 0.2) is 54.6 Å². The maximum Gasteiger partial charge on any atom is 0.104 e. The fourth-order valence-electron chi connectivity index (χ4n) is 3.24. The fraction of sp³-hybridized carbons (Fsp3) is 0.222. The van der Waals surface area contributed by atoms with Gasteiger partial charge in [-0.3, -0.25) is 0 Å². The van der Waals surface area contributed by atoms with Crippen molar-refractivity contribution < 1.29 is 0 Å². The lowest BCUT2D eigenvalue weighted by Crippen LogP contribution is -2.17. The lowest BCUT2D eigenvalue weighted by atomic mass is 9.88. The minimum Gasteiger partial charge on any atom is -0.365 e. The number of hydrogen-bond donors (Lipinski definition) is 2. The van der Waals surface area contributed by atoms with Gasteiger partial charge in [0.1, 0.15) is 5.82 Å². The van der Waals surface area contributed by atoms with E-state index < -0.39 is 0 Å². The lowest BCUT2D eigenvalue weighted by molar-refractivity contribution is 0.599. The molecule has 1 aliphatic carbocycles. The number of anilines is 1. The lowest BCUT2D eigenvalue weighted by Gasteiger charge is -2.26. The van der Waals surface area contributed by atoms with E-state index in [1.807, 2.05) is 0 Å². The third-order valence-corrected chi connectivity index (χ3v) is 4.23. The number of aromatic amines is 1. The highest BCUT2D eigenvalue weighted by Gasteiger charge is 2.19. The summed E-state index contributed by atoms with van der Waals surface area (Å²) in [5.74, 6) is 1.12. The summed E-state index contributed by atoms with van der Waals surface area (Å²) in [5, 5.41) is 4.93. The summed E-state index contributed by atoms with van der Waals surface area (Å²) < 4.78 is 0. The van der Waals surface area contributed by atoms with Gasteiger partial charge in [0.2, 0.25) is 0 Å². The van der Waals surface area contributed by atoms with Gasteiger partial charge in [0.15, 0.2) is 0 Å². The number of H-pyrrole nitrogens is 1. The van der Waals surface area contributed by atoms with E-state index in [1.165, 1.54) is 41.3 Å². The first-order chi connectivity index (χ1) is 9.90. The average Bonchev–Trinajstić information content (AvgIpc) is 2.90. The summed E-state index contributed by atoms with van der Waals surface area (Å²) in [6.45, 7) is 0. The Hall–Kier alpha value is -2.22. The zero-order chi connectivity index (χ0) is 13.4. The van der Waals surface area contributed by atoms with Gasteiger partial charge < -0.3 is 10.3 Å². The first kappa shape index (κ1) is 11.6. The molecule has 1 atom stereocenters. The number of benzene rings is 2. The number of aromatic nitrogens is 1. The van der Waals surface area contributed by atoms with E-state index in [4.69, 9.17) is 0 Å². The molecule has 2 aromatic carbocycles. The van der Waals surface area contributed by atoms with Crippen molar-refractivity contribution in [3.8, 4) is 0 Å². The van der Waals surface area contributed by atoms with Crippen molar-refractivity contribution in [1.82, 2.24) is 4.98 Å². The normalized spacial score (nSPS) is 17.9. The third-order valence-electron chi connectivity index (χ3n) is 4.23. The monoisotopic (exact) mass is 262 g/mol. The Balaban J connectivity index is 1.66. The number of fused-ring (bicyclic) bond motifs is 2. The summed E-state index contributed by atoms with van der Waals surface area (Å²) in [6, 6.07) is 19.8. The largest absolute Gasteiger partial charge is 0.365 e. The van der Waals surface area contributed by atoms with Crippen LogP contribution in [0.1, 0.15) is 30.0 Å². The second-order valence-corrected chi connectivity index (χ2v) is 5.56. The highest BCUT2D eigenvalue weighted by Crippen LogP contribution is 2.32. The van der Waals surface area contributed by atoms with Gasteiger partial charge in [-0.2, -0.15) is 0 Å². The molecular weight excluding hydrogens is 244 g/mol. The Morgan fingerprint density at radius 3 is 2.80 bits per heavy atom. The van der Waals surface area contributed by atoms with Crippen LogP contribution in [0, 0.1) is 0 Å². The van der Waals surface area contributed by atoms with Crippen LogP contribution >= 0.6 is 0 Å². The van der Waals surface area contributed by atoms with Gasteiger partial charge in [0.25, 0.3) is 0 Å². The van der Waals surface area contributed by atoms with Crippen LogP contribution in [-0.4, -0.2) is 4.98 Å². The average molecular weight is 262 g/mol. The van der Waals surface area contributed by atoms with E-state index in [2.05, 4.69) is 64.9 Å². The molecule has 0 amide bonds. The van der Waals surface area contributed by atoms with Crippen molar-refractivity contribution in [3.05, 3.63) is 65.7 Å². The number of rotatable bonds is 2. The van der Waals surface area contributed by atoms with Crippen molar-refractivity contribution in [2.45, 2.75) is 25.3 Å². The van der Waals surface area contributed by atoms with Gasteiger partial charge in [-0.25, -0.2) is 0 Å². The predicted molar refractivity (Wildman–Crippen MR) is 84.0 cm³/mol. The van der Waals surface area contributed by atoms with Crippen LogP contribution in [0.4, 0.5) is 5.82 Å². The molecule has 2 nitrogen and oxygen atoms in total. The summed E-state index contributed by atoms with van der Waals surface area (Å²) in [5.41, 5.74) is 4.14. The molecule has 0 spiro atoms. The van der Waals surface area contributed by atoms with Crippen LogP contribution in [0.2, 0.25) is 0 Å². The number of para-hydroxylation sites is 1. The fourth-order valence-corrected chi connectivity index (χ4v) is 3.24. The van der Waals surface area contributed by atoms with Crippen molar-refractivity contribution >= 4 is 16.7 Å².